The molecule has 0 saturated carbocycles. The summed E-state index contributed by atoms with van der Waals surface area (Å²) in [6.45, 7) is -0.451. The minimum absolute atomic E-state index is 0.0434. The van der Waals surface area contributed by atoms with Gasteiger partial charge in [-0.2, -0.15) is 26.3 Å². The average Bonchev–Trinajstić information content (AvgIpc) is 2.37. The van der Waals surface area contributed by atoms with E-state index in [0.717, 1.165) is 24.3 Å². The van der Waals surface area contributed by atoms with E-state index in [-0.39, 0.29) is 5.69 Å². The van der Waals surface area contributed by atoms with E-state index in [2.05, 4.69) is 5.32 Å². The van der Waals surface area contributed by atoms with Crippen LogP contribution < -0.4 is 10.6 Å². The van der Waals surface area contributed by atoms with Gasteiger partial charge in [-0.3, -0.25) is 0 Å². The highest BCUT2D eigenvalue weighted by Gasteiger charge is 2.37. The fourth-order valence-electron chi connectivity index (χ4n) is 1.40. The summed E-state index contributed by atoms with van der Waals surface area (Å²) in [5, 5.41) is 12.9. The molecule has 2 amide bonds. The van der Waals surface area contributed by atoms with Crippen molar-refractivity contribution in [2.75, 3.05) is 11.9 Å². The summed E-state index contributed by atoms with van der Waals surface area (Å²) in [5.74, 6) is 0. The van der Waals surface area contributed by atoms with Crippen LogP contribution in [0.4, 0.5) is 36.8 Å². The summed E-state index contributed by atoms with van der Waals surface area (Å²) in [6, 6.07) is 2.63. The van der Waals surface area contributed by atoms with Gasteiger partial charge in [0.05, 0.1) is 5.56 Å². The third-order valence-corrected chi connectivity index (χ3v) is 2.55. The highest BCUT2D eigenvalue weighted by atomic mass is 19.4. The van der Waals surface area contributed by atoms with E-state index in [0.29, 0.717) is 0 Å². The number of halogens is 6. The van der Waals surface area contributed by atoms with Gasteiger partial charge in [0.15, 0.2) is 6.10 Å². The van der Waals surface area contributed by atoms with Crippen LogP contribution in [-0.4, -0.2) is 30.0 Å². The Bertz CT molecular complexity index is 498. The molecule has 0 radical (unpaired) electrons. The molecule has 0 bridgehead atoms. The van der Waals surface area contributed by atoms with Gasteiger partial charge in [0, 0.05) is 12.2 Å². The molecule has 3 N–H and O–H groups in total. The Labute approximate surface area is 121 Å². The number of nitrogens with one attached hydrogen (secondary N) is 2. The minimum atomic E-state index is -4.77. The standard InChI is InChI=1S/C12H12F6N2O2/c13-11(14,15)7-1-3-8(4-2-7)20-10(22)19-6-5-9(21)12(16,17)18/h1-4,9,21H,5-6H2,(H2,19,20,22). The van der Waals surface area contributed by atoms with Crippen molar-refractivity contribution in [3.05, 3.63) is 29.8 Å². The maximum absolute atomic E-state index is 12.3. The quantitative estimate of drug-likeness (QED) is 0.743. The Morgan fingerprint density at radius 2 is 1.64 bits per heavy atom. The molecule has 0 spiro atoms. The van der Waals surface area contributed by atoms with Crippen molar-refractivity contribution in [3.63, 3.8) is 0 Å². The first-order chi connectivity index (χ1) is 10.00. The first-order valence-electron chi connectivity index (χ1n) is 5.97. The van der Waals surface area contributed by atoms with Crippen molar-refractivity contribution in [3.8, 4) is 0 Å². The molecule has 0 aromatic heterocycles. The van der Waals surface area contributed by atoms with Gasteiger partial charge in [-0.05, 0) is 30.7 Å². The molecule has 0 aliphatic carbocycles. The number of anilines is 1. The summed E-state index contributed by atoms with van der Waals surface area (Å²) in [7, 11) is 0. The SMILES string of the molecule is O=C(NCCC(O)C(F)(F)F)Nc1ccc(C(F)(F)F)cc1. The van der Waals surface area contributed by atoms with Gasteiger partial charge >= 0.3 is 18.4 Å². The fraction of sp³-hybridized carbons (Fsp3) is 0.417. The van der Waals surface area contributed by atoms with Crippen LogP contribution in [0.15, 0.2) is 24.3 Å². The first-order valence-corrected chi connectivity index (χ1v) is 5.97. The molecule has 0 fully saturated rings. The van der Waals surface area contributed by atoms with Gasteiger partial charge in [0.25, 0.3) is 0 Å². The molecular formula is C12H12F6N2O2. The van der Waals surface area contributed by atoms with Gasteiger partial charge < -0.3 is 15.7 Å². The molecule has 0 aliphatic rings. The summed E-state index contributed by atoms with van der Waals surface area (Å²) in [4.78, 5) is 11.3. The Morgan fingerprint density at radius 1 is 1.09 bits per heavy atom. The van der Waals surface area contributed by atoms with E-state index in [9.17, 15) is 31.1 Å². The second kappa shape index (κ2) is 6.86. The molecule has 1 atom stereocenters. The molecule has 4 nitrogen and oxygen atoms in total. The van der Waals surface area contributed by atoms with E-state index in [1.165, 1.54) is 0 Å². The van der Waals surface area contributed by atoms with Gasteiger partial charge in [-0.15, -0.1) is 0 Å². The van der Waals surface area contributed by atoms with Crippen molar-refractivity contribution in [1.82, 2.24) is 5.32 Å². The van der Waals surface area contributed by atoms with E-state index >= 15 is 0 Å². The summed E-state index contributed by atoms with van der Waals surface area (Å²) < 4.78 is 72.9. The number of rotatable bonds is 4. The molecule has 0 aliphatic heterocycles. The van der Waals surface area contributed by atoms with Crippen LogP contribution in [0.5, 0.6) is 0 Å². The van der Waals surface area contributed by atoms with Crippen LogP contribution in [0.1, 0.15) is 12.0 Å². The first kappa shape index (κ1) is 18.1. The lowest BCUT2D eigenvalue weighted by atomic mass is 10.2. The normalized spacial score (nSPS) is 13.6. The molecule has 1 unspecified atom stereocenters. The van der Waals surface area contributed by atoms with Crippen LogP contribution in [0.2, 0.25) is 0 Å². The lowest BCUT2D eigenvalue weighted by Gasteiger charge is -2.14. The van der Waals surface area contributed by atoms with Crippen LogP contribution in [0, 0.1) is 0 Å². The molecular weight excluding hydrogens is 318 g/mol. The highest BCUT2D eigenvalue weighted by Crippen LogP contribution is 2.29. The van der Waals surface area contributed by atoms with Crippen LogP contribution in [0.3, 0.4) is 0 Å². The van der Waals surface area contributed by atoms with E-state index < -0.39 is 43.0 Å². The smallest absolute Gasteiger partial charge is 0.384 e. The van der Waals surface area contributed by atoms with Crippen molar-refractivity contribution in [2.45, 2.75) is 24.9 Å². The number of benzene rings is 1. The molecule has 124 valence electrons. The Kier molecular flexibility index (Phi) is 5.64. The minimum Gasteiger partial charge on any atom is -0.384 e. The van der Waals surface area contributed by atoms with E-state index in [1.807, 2.05) is 5.32 Å². The van der Waals surface area contributed by atoms with Gasteiger partial charge in [0.1, 0.15) is 0 Å². The number of aliphatic hydroxyl groups excluding tert-OH is 1. The van der Waals surface area contributed by atoms with Crippen molar-refractivity contribution < 1.29 is 36.2 Å². The Morgan fingerprint density at radius 3 is 2.09 bits per heavy atom. The molecule has 22 heavy (non-hydrogen) atoms. The molecule has 1 aromatic rings. The lowest BCUT2D eigenvalue weighted by molar-refractivity contribution is -0.204. The molecule has 0 heterocycles. The van der Waals surface area contributed by atoms with Crippen molar-refractivity contribution in [2.24, 2.45) is 0 Å². The van der Waals surface area contributed by atoms with Gasteiger partial charge in [0.2, 0.25) is 0 Å². The van der Waals surface area contributed by atoms with Crippen LogP contribution in [-0.2, 0) is 6.18 Å². The summed E-state index contributed by atoms with van der Waals surface area (Å²) in [5.41, 5.74) is -0.853. The fourth-order valence-corrected chi connectivity index (χ4v) is 1.40. The lowest BCUT2D eigenvalue weighted by Crippen LogP contribution is -2.35. The maximum Gasteiger partial charge on any atom is 0.416 e. The van der Waals surface area contributed by atoms with Crippen LogP contribution >= 0.6 is 0 Å². The Balaban J connectivity index is 2.43. The predicted molar refractivity (Wildman–Crippen MR) is 65.1 cm³/mol. The average molecular weight is 330 g/mol. The number of hydrogen-bond acceptors (Lipinski definition) is 2. The molecule has 1 aromatic carbocycles. The third kappa shape index (κ3) is 5.80. The zero-order valence-electron chi connectivity index (χ0n) is 10.9. The number of carbonyl (C=O) groups excluding carboxylic acids is 1. The second-order valence-corrected chi connectivity index (χ2v) is 4.30. The zero-order chi connectivity index (χ0) is 17.0. The number of amides is 2. The number of aliphatic hydroxyl groups is 1. The zero-order valence-corrected chi connectivity index (χ0v) is 10.9. The third-order valence-electron chi connectivity index (χ3n) is 2.55. The Hall–Kier alpha value is -1.97. The number of alkyl halides is 6. The van der Waals surface area contributed by atoms with Crippen molar-refractivity contribution >= 4 is 11.7 Å². The highest BCUT2D eigenvalue weighted by molar-refractivity contribution is 5.89. The molecule has 0 saturated heterocycles. The molecule has 10 heteroatoms. The molecule has 1 rings (SSSR count). The van der Waals surface area contributed by atoms with Gasteiger partial charge in [-0.25, -0.2) is 4.79 Å². The van der Waals surface area contributed by atoms with Crippen molar-refractivity contribution in [1.29, 1.82) is 0 Å². The topological polar surface area (TPSA) is 61.4 Å². The number of carbonyl (C=O) groups is 1. The maximum atomic E-state index is 12.3. The van der Waals surface area contributed by atoms with Gasteiger partial charge in [-0.1, -0.05) is 0 Å². The summed E-state index contributed by atoms with van der Waals surface area (Å²) in [6.07, 6.45) is -12.6. The monoisotopic (exact) mass is 330 g/mol. The number of urea groups is 1. The predicted octanol–water partition coefficient (Wildman–Crippen LogP) is 3.14. The largest absolute Gasteiger partial charge is 0.416 e. The van der Waals surface area contributed by atoms with E-state index in [1.54, 1.807) is 0 Å². The van der Waals surface area contributed by atoms with Crippen LogP contribution in [0.25, 0.3) is 0 Å². The second-order valence-electron chi connectivity index (χ2n) is 4.30. The van der Waals surface area contributed by atoms with E-state index in [4.69, 9.17) is 5.11 Å². The number of hydrogen-bond donors (Lipinski definition) is 3. The summed E-state index contributed by atoms with van der Waals surface area (Å²) >= 11 is 0.